The molecular formula is C21H28O. The fourth-order valence-corrected chi connectivity index (χ4v) is 6.42. The number of allylic oxidation sites excluding steroid dienone is 5. The van der Waals surface area contributed by atoms with Gasteiger partial charge in [0.2, 0.25) is 0 Å². The summed E-state index contributed by atoms with van der Waals surface area (Å²) in [6.07, 6.45) is 16.0. The van der Waals surface area contributed by atoms with Gasteiger partial charge in [0.25, 0.3) is 0 Å². The van der Waals surface area contributed by atoms with E-state index in [1.54, 1.807) is 0 Å². The van der Waals surface area contributed by atoms with Gasteiger partial charge in [-0.25, -0.2) is 0 Å². The number of hydrogen-bond acceptors (Lipinski definition) is 1. The zero-order chi connectivity index (χ0) is 15.5. The van der Waals surface area contributed by atoms with Crippen molar-refractivity contribution in [2.45, 2.75) is 52.4 Å². The average Bonchev–Trinajstić information content (AvgIpc) is 2.84. The van der Waals surface area contributed by atoms with Crippen molar-refractivity contribution < 1.29 is 4.79 Å². The zero-order valence-electron chi connectivity index (χ0n) is 14.0. The van der Waals surface area contributed by atoms with Crippen molar-refractivity contribution in [2.75, 3.05) is 0 Å². The number of ketones is 1. The van der Waals surface area contributed by atoms with E-state index in [-0.39, 0.29) is 5.41 Å². The van der Waals surface area contributed by atoms with Crippen molar-refractivity contribution in [3.63, 3.8) is 0 Å². The number of hydrogen-bond donors (Lipinski definition) is 0. The fraction of sp³-hybridized carbons (Fsp3) is 0.667. The number of carbonyl (C=O) groups excluding carboxylic acids is 1. The first-order valence-corrected chi connectivity index (χ1v) is 9.05. The van der Waals surface area contributed by atoms with E-state index in [0.717, 1.165) is 24.7 Å². The summed E-state index contributed by atoms with van der Waals surface area (Å²) in [5, 5.41) is 0. The van der Waals surface area contributed by atoms with Gasteiger partial charge in [-0.05, 0) is 78.3 Å². The highest BCUT2D eigenvalue weighted by Crippen LogP contribution is 2.65. The molecule has 0 aromatic rings. The molecule has 6 atom stereocenters. The Labute approximate surface area is 134 Å². The second-order valence-corrected chi connectivity index (χ2v) is 8.60. The molecule has 6 unspecified atom stereocenters. The molecule has 118 valence electrons. The SMILES string of the molecule is C=CC1CCC2C3C=CC4=CC(=O)CCC4(C)C3CCC12C. The molecule has 2 saturated carbocycles. The topological polar surface area (TPSA) is 17.1 Å². The Bertz CT molecular complexity index is 583. The van der Waals surface area contributed by atoms with E-state index < -0.39 is 0 Å². The molecule has 0 heterocycles. The molecular weight excluding hydrogens is 268 g/mol. The van der Waals surface area contributed by atoms with Crippen LogP contribution in [0, 0.1) is 34.5 Å². The predicted octanol–water partition coefficient (Wildman–Crippen LogP) is 5.10. The second-order valence-electron chi connectivity index (χ2n) is 8.60. The lowest BCUT2D eigenvalue weighted by molar-refractivity contribution is -0.116. The van der Waals surface area contributed by atoms with Crippen LogP contribution in [0.15, 0.2) is 36.5 Å². The quantitative estimate of drug-likeness (QED) is 0.615. The van der Waals surface area contributed by atoms with Gasteiger partial charge in [0.15, 0.2) is 5.78 Å². The maximum atomic E-state index is 11.8. The number of carbonyl (C=O) groups is 1. The summed E-state index contributed by atoms with van der Waals surface area (Å²) in [5.41, 5.74) is 2.00. The van der Waals surface area contributed by atoms with Gasteiger partial charge >= 0.3 is 0 Å². The molecule has 2 fully saturated rings. The molecule has 0 radical (unpaired) electrons. The second kappa shape index (κ2) is 4.69. The van der Waals surface area contributed by atoms with Crippen LogP contribution >= 0.6 is 0 Å². The van der Waals surface area contributed by atoms with Crippen LogP contribution in [0.1, 0.15) is 52.4 Å². The summed E-state index contributed by atoms with van der Waals surface area (Å²) in [5.74, 6) is 3.27. The van der Waals surface area contributed by atoms with Gasteiger partial charge in [-0.15, -0.1) is 6.58 Å². The van der Waals surface area contributed by atoms with E-state index in [1.165, 1.54) is 31.3 Å². The average molecular weight is 296 g/mol. The lowest BCUT2D eigenvalue weighted by atomic mass is 9.48. The fourth-order valence-electron chi connectivity index (χ4n) is 6.42. The zero-order valence-corrected chi connectivity index (χ0v) is 14.0. The Morgan fingerprint density at radius 3 is 2.77 bits per heavy atom. The summed E-state index contributed by atoms with van der Waals surface area (Å²) >= 11 is 0. The first-order chi connectivity index (χ1) is 10.5. The minimum Gasteiger partial charge on any atom is -0.295 e. The third-order valence-corrected chi connectivity index (χ3v) is 7.87. The highest BCUT2D eigenvalue weighted by Gasteiger charge is 2.57. The van der Waals surface area contributed by atoms with Crippen LogP contribution in [0.2, 0.25) is 0 Å². The summed E-state index contributed by atoms with van der Waals surface area (Å²) in [6, 6.07) is 0. The van der Waals surface area contributed by atoms with Gasteiger partial charge in [0.05, 0.1) is 0 Å². The molecule has 0 bridgehead atoms. The third kappa shape index (κ3) is 1.74. The van der Waals surface area contributed by atoms with E-state index in [4.69, 9.17) is 0 Å². The Morgan fingerprint density at radius 2 is 2.00 bits per heavy atom. The molecule has 0 saturated heterocycles. The predicted molar refractivity (Wildman–Crippen MR) is 90.3 cm³/mol. The van der Waals surface area contributed by atoms with E-state index >= 15 is 0 Å². The molecule has 0 spiro atoms. The molecule has 4 aliphatic carbocycles. The van der Waals surface area contributed by atoms with Gasteiger partial charge in [-0.3, -0.25) is 4.79 Å². The largest absolute Gasteiger partial charge is 0.295 e. The number of fused-ring (bicyclic) bond motifs is 5. The van der Waals surface area contributed by atoms with Crippen LogP contribution in [0.25, 0.3) is 0 Å². The van der Waals surface area contributed by atoms with Gasteiger partial charge in [0, 0.05) is 6.42 Å². The maximum Gasteiger partial charge on any atom is 0.156 e. The van der Waals surface area contributed by atoms with Crippen molar-refractivity contribution in [1.82, 2.24) is 0 Å². The smallest absolute Gasteiger partial charge is 0.156 e. The Balaban J connectivity index is 1.74. The van der Waals surface area contributed by atoms with Gasteiger partial charge in [0.1, 0.15) is 0 Å². The van der Waals surface area contributed by atoms with E-state index in [0.29, 0.717) is 23.0 Å². The van der Waals surface area contributed by atoms with Crippen LogP contribution in [-0.4, -0.2) is 5.78 Å². The molecule has 4 aliphatic rings. The van der Waals surface area contributed by atoms with Crippen molar-refractivity contribution >= 4 is 5.78 Å². The maximum absolute atomic E-state index is 11.8. The molecule has 0 amide bonds. The third-order valence-electron chi connectivity index (χ3n) is 7.87. The molecule has 0 aromatic heterocycles. The highest BCUT2D eigenvalue weighted by atomic mass is 16.1. The van der Waals surface area contributed by atoms with Crippen molar-refractivity contribution in [1.29, 1.82) is 0 Å². The van der Waals surface area contributed by atoms with Crippen LogP contribution < -0.4 is 0 Å². The first-order valence-electron chi connectivity index (χ1n) is 9.05. The van der Waals surface area contributed by atoms with Crippen LogP contribution in [0.5, 0.6) is 0 Å². The molecule has 1 nitrogen and oxygen atoms in total. The lowest BCUT2D eigenvalue weighted by Crippen LogP contribution is -2.48. The minimum absolute atomic E-state index is 0.237. The molecule has 4 rings (SSSR count). The summed E-state index contributed by atoms with van der Waals surface area (Å²) in [6.45, 7) is 9.04. The van der Waals surface area contributed by atoms with E-state index in [2.05, 4.69) is 38.7 Å². The first kappa shape index (κ1) is 14.5. The van der Waals surface area contributed by atoms with Crippen LogP contribution in [0.3, 0.4) is 0 Å². The van der Waals surface area contributed by atoms with Crippen LogP contribution in [0.4, 0.5) is 0 Å². The normalized spacial score (nSPS) is 49.9. The molecule has 0 N–H and O–H groups in total. The Morgan fingerprint density at radius 1 is 1.18 bits per heavy atom. The monoisotopic (exact) mass is 296 g/mol. The molecule has 22 heavy (non-hydrogen) atoms. The van der Waals surface area contributed by atoms with E-state index in [1.807, 2.05) is 6.08 Å². The number of rotatable bonds is 1. The summed E-state index contributed by atoms with van der Waals surface area (Å²) in [7, 11) is 0. The lowest BCUT2D eigenvalue weighted by Gasteiger charge is -2.55. The van der Waals surface area contributed by atoms with Crippen molar-refractivity contribution in [3.8, 4) is 0 Å². The Hall–Kier alpha value is -1.11. The standard InChI is InChI=1S/C21H28O/c1-4-14-6-8-18-17-7-5-15-13-16(22)9-11-21(15,3)19(17)10-12-20(14,18)2/h4-5,7,13-14,17-19H,1,6,8-12H2,2-3H3. The van der Waals surface area contributed by atoms with Crippen molar-refractivity contribution in [2.24, 2.45) is 34.5 Å². The Kier molecular flexibility index (Phi) is 3.09. The molecule has 0 aromatic carbocycles. The highest BCUT2D eigenvalue weighted by molar-refractivity contribution is 5.92. The molecule has 0 aliphatic heterocycles. The minimum atomic E-state index is 0.237. The molecule has 1 heteroatoms. The van der Waals surface area contributed by atoms with Gasteiger partial charge < -0.3 is 0 Å². The summed E-state index contributed by atoms with van der Waals surface area (Å²) < 4.78 is 0. The van der Waals surface area contributed by atoms with E-state index in [9.17, 15) is 4.79 Å². The van der Waals surface area contributed by atoms with Gasteiger partial charge in [-0.1, -0.05) is 32.1 Å². The van der Waals surface area contributed by atoms with Gasteiger partial charge in [-0.2, -0.15) is 0 Å². The van der Waals surface area contributed by atoms with Crippen molar-refractivity contribution in [3.05, 3.63) is 36.5 Å². The summed E-state index contributed by atoms with van der Waals surface area (Å²) in [4.78, 5) is 11.8. The van der Waals surface area contributed by atoms with Crippen LogP contribution in [-0.2, 0) is 4.79 Å².